The maximum Gasteiger partial charge on any atom is 0.330 e. The Balaban J connectivity index is 1.35. The normalized spacial score (nSPS) is 14.7. The first-order valence-electron chi connectivity index (χ1n) is 15.6. The first-order valence-corrected chi connectivity index (χ1v) is 17.1. The van der Waals surface area contributed by atoms with Gasteiger partial charge in [0.1, 0.15) is 16.9 Å². The highest BCUT2D eigenvalue weighted by atomic mass is 32.2. The van der Waals surface area contributed by atoms with Crippen LogP contribution in [-0.2, 0) is 27.7 Å². The molecule has 0 spiro atoms. The smallest absolute Gasteiger partial charge is 0.330 e. The number of pyridine rings is 1. The van der Waals surface area contributed by atoms with Crippen LogP contribution in [0.25, 0.3) is 0 Å². The van der Waals surface area contributed by atoms with Crippen molar-refractivity contribution in [3.05, 3.63) is 122 Å². The number of H-pyrrole nitrogens is 1. The number of nitrogens with two attached hydrogens (primary N) is 1. The van der Waals surface area contributed by atoms with Crippen molar-refractivity contribution in [3.63, 3.8) is 0 Å². The molecule has 6 N–H and O–H groups in total. The summed E-state index contributed by atoms with van der Waals surface area (Å²) in [5.74, 6) is -2.01. The van der Waals surface area contributed by atoms with Gasteiger partial charge >= 0.3 is 5.97 Å². The van der Waals surface area contributed by atoms with E-state index in [4.69, 9.17) is 10.5 Å². The summed E-state index contributed by atoms with van der Waals surface area (Å²) in [6.45, 7) is 9.25. The number of sulfonamides is 1. The van der Waals surface area contributed by atoms with Crippen LogP contribution in [0.1, 0.15) is 75.7 Å². The SMILES string of the molecule is Cc1c(C)c(S(=O)(=O)N=C(N)Nc2cccc([C@H](NC(=O)c3ccc(Cc4ccccc4)[nH]c3=O)C(=O)O)c2)c(C)c2c1OC(C)(C)CC2. The number of fused-ring (bicyclic) bond motifs is 1. The Morgan fingerprint density at radius 2 is 1.73 bits per heavy atom. The Bertz CT molecular complexity index is 2140. The first-order chi connectivity index (χ1) is 23.1. The monoisotopic (exact) mass is 685 g/mol. The van der Waals surface area contributed by atoms with Gasteiger partial charge in [0, 0.05) is 17.8 Å². The van der Waals surface area contributed by atoms with E-state index in [1.54, 1.807) is 19.9 Å². The van der Waals surface area contributed by atoms with Crippen molar-refractivity contribution in [2.75, 3.05) is 5.32 Å². The highest BCUT2D eigenvalue weighted by molar-refractivity contribution is 7.90. The number of guanidine groups is 1. The number of aromatic amines is 1. The predicted octanol–water partition coefficient (Wildman–Crippen LogP) is 4.67. The standard InChI is InChI=1S/C36H39N5O7S/c1-20-21(2)31(22(3)27-16-17-36(4,5)48-30(20)27)49(46,47)41-35(37)39-25-13-9-12-24(19-25)29(34(44)45)40-33(43)28-15-14-26(38-32(28)42)18-23-10-7-6-8-11-23/h6-15,19,29H,16-18H2,1-5H3,(H,38,42)(H,40,43)(H,44,45)(H3,37,39,41)/t29-/m0/s1. The second-order valence-electron chi connectivity index (χ2n) is 12.7. The maximum atomic E-state index is 13.6. The topological polar surface area (TPSA) is 193 Å². The Kier molecular flexibility index (Phi) is 9.68. The lowest BCUT2D eigenvalue weighted by molar-refractivity contribution is -0.139. The molecule has 1 aliphatic rings. The molecule has 13 heteroatoms. The molecule has 0 radical (unpaired) electrons. The van der Waals surface area contributed by atoms with E-state index in [2.05, 4.69) is 20.0 Å². The van der Waals surface area contributed by atoms with Crippen molar-refractivity contribution in [1.29, 1.82) is 0 Å². The number of carbonyl (C=O) groups excluding carboxylic acids is 1. The lowest BCUT2D eigenvalue weighted by Crippen LogP contribution is -2.36. The van der Waals surface area contributed by atoms with E-state index in [1.165, 1.54) is 30.3 Å². The van der Waals surface area contributed by atoms with E-state index in [9.17, 15) is 27.9 Å². The second kappa shape index (κ2) is 13.6. The van der Waals surface area contributed by atoms with Gasteiger partial charge < -0.3 is 31.2 Å². The van der Waals surface area contributed by atoms with Gasteiger partial charge in [0.25, 0.3) is 21.5 Å². The third-order valence-corrected chi connectivity index (χ3v) is 10.2. The summed E-state index contributed by atoms with van der Waals surface area (Å²) >= 11 is 0. The minimum absolute atomic E-state index is 0.0577. The van der Waals surface area contributed by atoms with Gasteiger partial charge in [0.15, 0.2) is 6.04 Å². The maximum absolute atomic E-state index is 13.6. The van der Waals surface area contributed by atoms with Crippen LogP contribution in [0.15, 0.2) is 80.8 Å². The van der Waals surface area contributed by atoms with Gasteiger partial charge in [0.05, 0.1) is 4.90 Å². The molecule has 0 aliphatic carbocycles. The molecule has 0 fully saturated rings. The molecular formula is C36H39N5O7S. The third-order valence-electron chi connectivity index (χ3n) is 8.61. The van der Waals surface area contributed by atoms with Gasteiger partial charge in [0.2, 0.25) is 5.96 Å². The van der Waals surface area contributed by atoms with Crippen LogP contribution >= 0.6 is 0 Å². The van der Waals surface area contributed by atoms with Gasteiger partial charge in [-0.1, -0.05) is 42.5 Å². The lowest BCUT2D eigenvalue weighted by Gasteiger charge is -2.35. The largest absolute Gasteiger partial charge is 0.487 e. The molecule has 256 valence electrons. The average molecular weight is 686 g/mol. The van der Waals surface area contributed by atoms with E-state index in [-0.39, 0.29) is 27.3 Å². The minimum atomic E-state index is -4.28. The van der Waals surface area contributed by atoms with E-state index in [0.717, 1.165) is 17.5 Å². The molecule has 1 aliphatic heterocycles. The first kappa shape index (κ1) is 34.9. The predicted molar refractivity (Wildman–Crippen MR) is 187 cm³/mol. The van der Waals surface area contributed by atoms with Gasteiger partial charge in [-0.05, 0) is 105 Å². The van der Waals surface area contributed by atoms with Crippen molar-refractivity contribution < 1.29 is 27.9 Å². The molecule has 0 saturated carbocycles. The molecule has 4 aromatic rings. The average Bonchev–Trinajstić information content (AvgIpc) is 3.02. The number of anilines is 1. The molecule has 3 aromatic carbocycles. The van der Waals surface area contributed by atoms with Crippen molar-refractivity contribution >= 4 is 33.5 Å². The molecule has 49 heavy (non-hydrogen) atoms. The number of aliphatic carboxylic acids is 1. The number of rotatable bonds is 9. The fourth-order valence-corrected chi connectivity index (χ4v) is 7.43. The van der Waals surface area contributed by atoms with E-state index in [0.29, 0.717) is 41.0 Å². The molecule has 0 unspecified atom stereocenters. The number of aromatic nitrogens is 1. The summed E-state index contributed by atoms with van der Waals surface area (Å²) in [6, 6.07) is 16.8. The summed E-state index contributed by atoms with van der Waals surface area (Å²) in [6.07, 6.45) is 1.82. The zero-order valence-corrected chi connectivity index (χ0v) is 28.7. The number of hydrogen-bond donors (Lipinski definition) is 5. The molecule has 5 rings (SSSR count). The minimum Gasteiger partial charge on any atom is -0.487 e. The van der Waals surface area contributed by atoms with Gasteiger partial charge in [-0.2, -0.15) is 8.42 Å². The molecule has 12 nitrogen and oxygen atoms in total. The number of benzene rings is 3. The lowest BCUT2D eigenvalue weighted by atomic mass is 9.88. The fourth-order valence-electron chi connectivity index (χ4n) is 5.99. The zero-order valence-electron chi connectivity index (χ0n) is 27.9. The number of hydrogen-bond acceptors (Lipinski definition) is 6. The van der Waals surface area contributed by atoms with Crippen molar-refractivity contribution in [2.24, 2.45) is 10.1 Å². The number of ether oxygens (including phenoxy) is 1. The van der Waals surface area contributed by atoms with Crippen molar-refractivity contribution in [3.8, 4) is 5.75 Å². The summed E-state index contributed by atoms with van der Waals surface area (Å²) in [5, 5.41) is 15.1. The molecule has 1 aromatic heterocycles. The third kappa shape index (κ3) is 7.67. The molecule has 0 bridgehead atoms. The number of carboxylic acid groups (broad SMARTS) is 1. The van der Waals surface area contributed by atoms with E-state index < -0.39 is 39.5 Å². The molecule has 2 heterocycles. The molecular weight excluding hydrogens is 646 g/mol. The summed E-state index contributed by atoms with van der Waals surface area (Å²) in [7, 11) is -4.28. The summed E-state index contributed by atoms with van der Waals surface area (Å²) in [5.41, 5.74) is 9.31. The van der Waals surface area contributed by atoms with Gasteiger partial charge in [-0.25, -0.2) is 4.79 Å². The fraction of sp³-hybridized carbons (Fsp3) is 0.278. The summed E-state index contributed by atoms with van der Waals surface area (Å²) < 4.78 is 37.3. The van der Waals surface area contributed by atoms with Crippen LogP contribution in [0, 0.1) is 20.8 Å². The van der Waals surface area contributed by atoms with Crippen LogP contribution in [-0.4, -0.2) is 41.9 Å². The molecule has 0 saturated heterocycles. The zero-order chi connectivity index (χ0) is 35.7. The van der Waals surface area contributed by atoms with Crippen LogP contribution < -0.4 is 26.7 Å². The number of carboxylic acids is 1. The Hall–Kier alpha value is -5.43. The second-order valence-corrected chi connectivity index (χ2v) is 14.3. The van der Waals surface area contributed by atoms with Crippen LogP contribution in [0.5, 0.6) is 5.75 Å². The Morgan fingerprint density at radius 1 is 1.02 bits per heavy atom. The Morgan fingerprint density at radius 3 is 2.41 bits per heavy atom. The number of nitrogens with one attached hydrogen (secondary N) is 3. The number of nitrogens with zero attached hydrogens (tertiary/aromatic N) is 1. The van der Waals surface area contributed by atoms with Crippen LogP contribution in [0.2, 0.25) is 0 Å². The number of amides is 1. The van der Waals surface area contributed by atoms with Crippen LogP contribution in [0.3, 0.4) is 0 Å². The van der Waals surface area contributed by atoms with Gasteiger partial charge in [-0.3, -0.25) is 9.59 Å². The molecule has 1 atom stereocenters. The molecule has 1 amide bonds. The quantitative estimate of drug-likeness (QED) is 0.123. The number of carbonyl (C=O) groups is 2. The van der Waals surface area contributed by atoms with Crippen molar-refractivity contribution in [1.82, 2.24) is 10.3 Å². The summed E-state index contributed by atoms with van der Waals surface area (Å²) in [4.78, 5) is 40.8. The van der Waals surface area contributed by atoms with Crippen LogP contribution in [0.4, 0.5) is 5.69 Å². The van der Waals surface area contributed by atoms with Crippen molar-refractivity contribution in [2.45, 2.75) is 70.4 Å². The van der Waals surface area contributed by atoms with E-state index in [1.807, 2.05) is 51.1 Å². The highest BCUT2D eigenvalue weighted by Gasteiger charge is 2.33. The van der Waals surface area contributed by atoms with E-state index >= 15 is 0 Å². The Labute approximate surface area is 284 Å². The van der Waals surface area contributed by atoms with Gasteiger partial charge in [-0.15, -0.1) is 4.40 Å². The highest BCUT2D eigenvalue weighted by Crippen LogP contribution is 2.42.